The Kier molecular flexibility index (Phi) is 2.50. The average molecular weight is 171 g/mol. The molecule has 1 saturated carbocycles. The normalized spacial score (nSPS) is 24.8. The molecule has 0 heterocycles. The van der Waals surface area contributed by atoms with Gasteiger partial charge in [0.25, 0.3) is 0 Å². The zero-order valence-corrected chi connectivity index (χ0v) is 8.43. The summed E-state index contributed by atoms with van der Waals surface area (Å²) < 4.78 is 0. The molecule has 1 atom stereocenters. The van der Waals surface area contributed by atoms with Gasteiger partial charge in [0.1, 0.15) is 0 Å². The van der Waals surface area contributed by atoms with Crippen LogP contribution in [0, 0.1) is 11.3 Å². The number of aliphatic hydroxyl groups is 1. The van der Waals surface area contributed by atoms with Gasteiger partial charge in [0.2, 0.25) is 0 Å². The number of nitrogens with two attached hydrogens (primary N) is 1. The molecule has 0 radical (unpaired) electrons. The second-order valence-electron chi connectivity index (χ2n) is 4.86. The van der Waals surface area contributed by atoms with Crippen molar-refractivity contribution in [2.45, 2.75) is 45.6 Å². The number of hydrogen-bond acceptors (Lipinski definition) is 2. The summed E-state index contributed by atoms with van der Waals surface area (Å²) in [6, 6.07) is 0. The molecule has 3 N–H and O–H groups in total. The Morgan fingerprint density at radius 1 is 1.33 bits per heavy atom. The lowest BCUT2D eigenvalue weighted by Gasteiger charge is -2.48. The third kappa shape index (κ3) is 1.38. The van der Waals surface area contributed by atoms with E-state index in [0.717, 1.165) is 12.8 Å². The summed E-state index contributed by atoms with van der Waals surface area (Å²) >= 11 is 0. The minimum Gasteiger partial charge on any atom is -0.389 e. The molecule has 1 aliphatic rings. The Bertz CT molecular complexity index is 159. The van der Waals surface area contributed by atoms with Gasteiger partial charge in [-0.15, -0.1) is 0 Å². The van der Waals surface area contributed by atoms with Crippen LogP contribution in [0.5, 0.6) is 0 Å². The lowest BCUT2D eigenvalue weighted by molar-refractivity contribution is -0.116. The van der Waals surface area contributed by atoms with E-state index in [2.05, 4.69) is 0 Å². The molecule has 0 spiro atoms. The maximum absolute atomic E-state index is 10.3. The summed E-state index contributed by atoms with van der Waals surface area (Å²) in [4.78, 5) is 0. The maximum Gasteiger partial charge on any atom is 0.0710 e. The summed E-state index contributed by atoms with van der Waals surface area (Å²) in [6.45, 7) is 6.58. The minimum absolute atomic E-state index is 0.155. The highest BCUT2D eigenvalue weighted by molar-refractivity contribution is 4.98. The molecule has 0 saturated heterocycles. The largest absolute Gasteiger partial charge is 0.389 e. The van der Waals surface area contributed by atoms with Gasteiger partial charge in [-0.3, -0.25) is 0 Å². The van der Waals surface area contributed by atoms with Crippen molar-refractivity contribution in [3.63, 3.8) is 0 Å². The Labute approximate surface area is 75.2 Å². The first kappa shape index (κ1) is 10.0. The Balaban J connectivity index is 2.68. The third-order valence-electron chi connectivity index (χ3n) is 3.78. The van der Waals surface area contributed by atoms with E-state index < -0.39 is 5.60 Å². The van der Waals surface area contributed by atoms with Crippen molar-refractivity contribution in [3.05, 3.63) is 0 Å². The van der Waals surface area contributed by atoms with Gasteiger partial charge in [-0.1, -0.05) is 20.3 Å². The van der Waals surface area contributed by atoms with Crippen LogP contribution in [0.15, 0.2) is 0 Å². The molecule has 2 nitrogen and oxygen atoms in total. The van der Waals surface area contributed by atoms with Gasteiger partial charge in [-0.2, -0.15) is 0 Å². The first-order chi connectivity index (χ1) is 5.42. The van der Waals surface area contributed by atoms with Crippen molar-refractivity contribution in [2.24, 2.45) is 17.1 Å². The van der Waals surface area contributed by atoms with Crippen LogP contribution in [0.25, 0.3) is 0 Å². The Morgan fingerprint density at radius 3 is 2.08 bits per heavy atom. The van der Waals surface area contributed by atoms with Crippen molar-refractivity contribution in [1.82, 2.24) is 0 Å². The van der Waals surface area contributed by atoms with Gasteiger partial charge in [0.15, 0.2) is 0 Å². The van der Waals surface area contributed by atoms with Crippen LogP contribution in [-0.4, -0.2) is 17.3 Å². The van der Waals surface area contributed by atoms with Crippen LogP contribution < -0.4 is 5.73 Å². The predicted octanol–water partition coefficient (Wildman–Crippen LogP) is 1.52. The van der Waals surface area contributed by atoms with Crippen molar-refractivity contribution in [3.8, 4) is 0 Å². The molecule has 12 heavy (non-hydrogen) atoms. The zero-order chi connectivity index (χ0) is 9.41. The summed E-state index contributed by atoms with van der Waals surface area (Å²) in [7, 11) is 0. The van der Waals surface area contributed by atoms with Crippen molar-refractivity contribution >= 4 is 0 Å². The first-order valence-corrected chi connectivity index (χ1v) is 4.84. The molecule has 0 aromatic rings. The molecule has 0 aromatic carbocycles. The van der Waals surface area contributed by atoms with E-state index in [0.29, 0.717) is 12.5 Å². The Morgan fingerprint density at radius 2 is 1.83 bits per heavy atom. The highest BCUT2D eigenvalue weighted by atomic mass is 16.3. The summed E-state index contributed by atoms with van der Waals surface area (Å²) in [5.74, 6) is 0.469. The van der Waals surface area contributed by atoms with E-state index in [4.69, 9.17) is 5.73 Å². The summed E-state index contributed by atoms with van der Waals surface area (Å²) in [5, 5.41) is 10.3. The highest BCUT2D eigenvalue weighted by Crippen LogP contribution is 2.45. The monoisotopic (exact) mass is 171 g/mol. The number of rotatable bonds is 3. The van der Waals surface area contributed by atoms with Crippen molar-refractivity contribution in [2.75, 3.05) is 6.54 Å². The molecule has 0 amide bonds. The van der Waals surface area contributed by atoms with Gasteiger partial charge in [0, 0.05) is 12.0 Å². The molecular weight excluding hydrogens is 150 g/mol. The lowest BCUT2D eigenvalue weighted by Crippen LogP contribution is -2.53. The fourth-order valence-electron chi connectivity index (χ4n) is 1.73. The minimum atomic E-state index is -0.583. The predicted molar refractivity (Wildman–Crippen MR) is 50.8 cm³/mol. The van der Waals surface area contributed by atoms with Gasteiger partial charge >= 0.3 is 0 Å². The van der Waals surface area contributed by atoms with Gasteiger partial charge in [-0.05, 0) is 25.7 Å². The van der Waals surface area contributed by atoms with E-state index in [1.807, 2.05) is 20.8 Å². The van der Waals surface area contributed by atoms with E-state index in [1.54, 1.807) is 0 Å². The fourth-order valence-corrected chi connectivity index (χ4v) is 1.73. The lowest BCUT2D eigenvalue weighted by atomic mass is 9.62. The molecule has 0 aromatic heterocycles. The SMILES string of the molecule is CC(C)(CN)C(C)(O)C1CCC1. The molecule has 1 unspecified atom stereocenters. The molecule has 1 rings (SSSR count). The maximum atomic E-state index is 10.3. The number of hydrogen-bond donors (Lipinski definition) is 2. The molecular formula is C10H21NO. The van der Waals surface area contributed by atoms with Crippen molar-refractivity contribution < 1.29 is 5.11 Å². The topological polar surface area (TPSA) is 46.2 Å². The zero-order valence-electron chi connectivity index (χ0n) is 8.43. The molecule has 1 fully saturated rings. The average Bonchev–Trinajstić information content (AvgIpc) is 1.82. The summed E-state index contributed by atoms with van der Waals surface area (Å²) in [5.41, 5.74) is 4.91. The smallest absolute Gasteiger partial charge is 0.0710 e. The van der Waals surface area contributed by atoms with E-state index in [9.17, 15) is 5.11 Å². The molecule has 0 bridgehead atoms. The first-order valence-electron chi connectivity index (χ1n) is 4.84. The van der Waals surface area contributed by atoms with E-state index in [1.165, 1.54) is 6.42 Å². The standard InChI is InChI=1S/C10H21NO/c1-9(2,7-11)10(3,12)8-5-4-6-8/h8,12H,4-7,11H2,1-3H3. The second-order valence-corrected chi connectivity index (χ2v) is 4.86. The van der Waals surface area contributed by atoms with E-state index >= 15 is 0 Å². The fraction of sp³-hybridized carbons (Fsp3) is 1.00. The van der Waals surface area contributed by atoms with E-state index in [-0.39, 0.29) is 5.41 Å². The van der Waals surface area contributed by atoms with Gasteiger partial charge in [-0.25, -0.2) is 0 Å². The van der Waals surface area contributed by atoms with Crippen molar-refractivity contribution in [1.29, 1.82) is 0 Å². The summed E-state index contributed by atoms with van der Waals surface area (Å²) in [6.07, 6.45) is 3.59. The molecule has 0 aliphatic heterocycles. The highest BCUT2D eigenvalue weighted by Gasteiger charge is 2.46. The van der Waals surface area contributed by atoms with Gasteiger partial charge in [0.05, 0.1) is 5.60 Å². The van der Waals surface area contributed by atoms with Crippen LogP contribution in [0.2, 0.25) is 0 Å². The van der Waals surface area contributed by atoms with Crippen LogP contribution in [0.4, 0.5) is 0 Å². The van der Waals surface area contributed by atoms with Crippen LogP contribution >= 0.6 is 0 Å². The van der Waals surface area contributed by atoms with Crippen LogP contribution in [0.3, 0.4) is 0 Å². The van der Waals surface area contributed by atoms with Crippen LogP contribution in [0.1, 0.15) is 40.0 Å². The second kappa shape index (κ2) is 3.00. The van der Waals surface area contributed by atoms with Gasteiger partial charge < -0.3 is 10.8 Å². The molecule has 1 aliphatic carbocycles. The Hall–Kier alpha value is -0.0800. The molecule has 72 valence electrons. The third-order valence-corrected chi connectivity index (χ3v) is 3.78. The van der Waals surface area contributed by atoms with Crippen LogP contribution in [-0.2, 0) is 0 Å². The quantitative estimate of drug-likeness (QED) is 0.676. The molecule has 2 heteroatoms.